The quantitative estimate of drug-likeness (QED) is 0.849. The Hall–Kier alpha value is -2.04. The summed E-state index contributed by atoms with van der Waals surface area (Å²) in [6.07, 6.45) is 1.86. The van der Waals surface area contributed by atoms with E-state index < -0.39 is 5.97 Å². The van der Waals surface area contributed by atoms with Gasteiger partial charge in [-0.15, -0.1) is 0 Å². The highest BCUT2D eigenvalue weighted by molar-refractivity contribution is 5.97. The number of amides is 1. The Morgan fingerprint density at radius 1 is 1.37 bits per heavy atom. The first-order chi connectivity index (χ1) is 9.13. The zero-order valence-corrected chi connectivity index (χ0v) is 10.8. The molecule has 0 saturated heterocycles. The van der Waals surface area contributed by atoms with Crippen molar-refractivity contribution < 1.29 is 19.4 Å². The third-order valence-corrected chi connectivity index (χ3v) is 3.15. The van der Waals surface area contributed by atoms with Crippen molar-refractivity contribution in [2.24, 2.45) is 0 Å². The highest BCUT2D eigenvalue weighted by Gasteiger charge is 2.34. The lowest BCUT2D eigenvalue weighted by atomic mass is 10.1. The smallest absolute Gasteiger partial charge is 0.305 e. The van der Waals surface area contributed by atoms with Gasteiger partial charge in [0.25, 0.3) is 5.91 Å². The van der Waals surface area contributed by atoms with Crippen molar-refractivity contribution in [3.63, 3.8) is 0 Å². The Morgan fingerprint density at radius 3 is 2.63 bits per heavy atom. The number of carboxylic acid groups (broad SMARTS) is 1. The largest absolute Gasteiger partial charge is 0.496 e. The van der Waals surface area contributed by atoms with Gasteiger partial charge in [0.05, 0.1) is 19.1 Å². The number of carboxylic acids is 1. The van der Waals surface area contributed by atoms with Crippen molar-refractivity contribution in [3.05, 3.63) is 29.8 Å². The first-order valence-corrected chi connectivity index (χ1v) is 6.29. The summed E-state index contributed by atoms with van der Waals surface area (Å²) in [7, 11) is 1.52. The average molecular weight is 263 g/mol. The van der Waals surface area contributed by atoms with Crippen LogP contribution < -0.4 is 4.74 Å². The van der Waals surface area contributed by atoms with E-state index in [-0.39, 0.29) is 24.9 Å². The molecule has 0 bridgehead atoms. The number of hydrogen-bond acceptors (Lipinski definition) is 3. The van der Waals surface area contributed by atoms with Crippen LogP contribution in [0.25, 0.3) is 0 Å². The Bertz CT molecular complexity index is 482. The van der Waals surface area contributed by atoms with Crippen LogP contribution in [-0.2, 0) is 4.79 Å². The molecule has 0 spiro atoms. The van der Waals surface area contributed by atoms with E-state index >= 15 is 0 Å². The summed E-state index contributed by atoms with van der Waals surface area (Å²) in [4.78, 5) is 24.8. The third kappa shape index (κ3) is 3.24. The standard InChI is InChI=1S/C14H17NO4/c1-19-12-5-3-2-4-11(12)14(18)15(10-6-7-10)9-8-13(16)17/h2-5,10H,6-9H2,1H3,(H,16,17). The van der Waals surface area contributed by atoms with E-state index in [0.29, 0.717) is 11.3 Å². The summed E-state index contributed by atoms with van der Waals surface area (Å²) in [6.45, 7) is 0.247. The molecule has 2 rings (SSSR count). The molecule has 0 unspecified atom stereocenters. The molecule has 1 aromatic carbocycles. The van der Waals surface area contributed by atoms with Gasteiger partial charge in [0.2, 0.25) is 0 Å². The highest BCUT2D eigenvalue weighted by Crippen LogP contribution is 2.30. The number of carbonyl (C=O) groups is 2. The predicted molar refractivity (Wildman–Crippen MR) is 69.3 cm³/mol. The minimum absolute atomic E-state index is 0.0304. The Morgan fingerprint density at radius 2 is 2.05 bits per heavy atom. The topological polar surface area (TPSA) is 66.8 Å². The molecule has 1 aromatic rings. The molecule has 1 saturated carbocycles. The van der Waals surface area contributed by atoms with Gasteiger partial charge in [-0.2, -0.15) is 0 Å². The summed E-state index contributed by atoms with van der Waals surface area (Å²) in [6, 6.07) is 7.19. The molecule has 102 valence electrons. The molecular weight excluding hydrogens is 246 g/mol. The molecule has 5 heteroatoms. The second-order valence-electron chi connectivity index (χ2n) is 4.57. The van der Waals surface area contributed by atoms with Crippen molar-refractivity contribution in [3.8, 4) is 5.75 Å². The molecule has 0 atom stereocenters. The predicted octanol–water partition coefficient (Wildman–Crippen LogP) is 1.77. The zero-order chi connectivity index (χ0) is 13.8. The fourth-order valence-corrected chi connectivity index (χ4v) is 2.03. The lowest BCUT2D eigenvalue weighted by Crippen LogP contribution is -2.35. The molecule has 0 aliphatic heterocycles. The lowest BCUT2D eigenvalue weighted by Gasteiger charge is -2.22. The number of nitrogens with zero attached hydrogens (tertiary/aromatic N) is 1. The van der Waals surface area contributed by atoms with Crippen molar-refractivity contribution in [1.82, 2.24) is 4.90 Å². The fraction of sp³-hybridized carbons (Fsp3) is 0.429. The van der Waals surface area contributed by atoms with Crippen molar-refractivity contribution >= 4 is 11.9 Å². The molecular formula is C14H17NO4. The van der Waals surface area contributed by atoms with Crippen LogP contribution in [0.3, 0.4) is 0 Å². The van der Waals surface area contributed by atoms with E-state index in [1.54, 1.807) is 29.2 Å². The van der Waals surface area contributed by atoms with Gasteiger partial charge < -0.3 is 14.7 Å². The molecule has 1 fully saturated rings. The highest BCUT2D eigenvalue weighted by atomic mass is 16.5. The third-order valence-electron chi connectivity index (χ3n) is 3.15. The van der Waals surface area contributed by atoms with E-state index in [1.807, 2.05) is 0 Å². The number of benzene rings is 1. The summed E-state index contributed by atoms with van der Waals surface area (Å²) >= 11 is 0. The summed E-state index contributed by atoms with van der Waals surface area (Å²) < 4.78 is 5.18. The van der Waals surface area contributed by atoms with E-state index in [9.17, 15) is 9.59 Å². The Kier molecular flexibility index (Phi) is 4.04. The second-order valence-corrected chi connectivity index (χ2v) is 4.57. The lowest BCUT2D eigenvalue weighted by molar-refractivity contribution is -0.137. The van der Waals surface area contributed by atoms with Gasteiger partial charge in [-0.1, -0.05) is 12.1 Å². The summed E-state index contributed by atoms with van der Waals surface area (Å²) in [5.74, 6) is -0.520. The van der Waals surface area contributed by atoms with Crippen molar-refractivity contribution in [1.29, 1.82) is 0 Å². The molecule has 1 N–H and O–H groups in total. The van der Waals surface area contributed by atoms with E-state index in [0.717, 1.165) is 12.8 Å². The average Bonchev–Trinajstić information content (AvgIpc) is 3.23. The van der Waals surface area contributed by atoms with Gasteiger partial charge in [-0.3, -0.25) is 9.59 Å². The Labute approximate surface area is 111 Å². The van der Waals surface area contributed by atoms with Crippen LogP contribution >= 0.6 is 0 Å². The van der Waals surface area contributed by atoms with Gasteiger partial charge in [0.15, 0.2) is 0 Å². The number of para-hydroxylation sites is 1. The van der Waals surface area contributed by atoms with Crippen molar-refractivity contribution in [2.75, 3.05) is 13.7 Å². The fourth-order valence-electron chi connectivity index (χ4n) is 2.03. The molecule has 1 aliphatic rings. The van der Waals surface area contributed by atoms with Gasteiger partial charge in [-0.05, 0) is 25.0 Å². The molecule has 0 heterocycles. The van der Waals surface area contributed by atoms with Gasteiger partial charge >= 0.3 is 5.97 Å². The van der Waals surface area contributed by atoms with Gasteiger partial charge in [0.1, 0.15) is 5.75 Å². The number of rotatable bonds is 6. The number of carbonyl (C=O) groups excluding carboxylic acids is 1. The number of hydrogen-bond donors (Lipinski definition) is 1. The van der Waals surface area contributed by atoms with E-state index in [1.165, 1.54) is 7.11 Å². The minimum atomic E-state index is -0.890. The number of aliphatic carboxylic acids is 1. The van der Waals surface area contributed by atoms with Crippen LogP contribution in [0.15, 0.2) is 24.3 Å². The molecule has 5 nitrogen and oxygen atoms in total. The van der Waals surface area contributed by atoms with Crippen LogP contribution in [0.4, 0.5) is 0 Å². The van der Waals surface area contributed by atoms with Crippen LogP contribution in [0, 0.1) is 0 Å². The van der Waals surface area contributed by atoms with Crippen LogP contribution in [-0.4, -0.2) is 41.6 Å². The van der Waals surface area contributed by atoms with Gasteiger partial charge in [-0.25, -0.2) is 0 Å². The summed E-state index contributed by atoms with van der Waals surface area (Å²) in [5.41, 5.74) is 0.488. The zero-order valence-electron chi connectivity index (χ0n) is 10.8. The second kappa shape index (κ2) is 5.73. The maximum Gasteiger partial charge on any atom is 0.305 e. The van der Waals surface area contributed by atoms with E-state index in [4.69, 9.17) is 9.84 Å². The molecule has 0 radical (unpaired) electrons. The summed E-state index contributed by atoms with van der Waals surface area (Å²) in [5, 5.41) is 8.76. The van der Waals surface area contributed by atoms with Crippen LogP contribution in [0.1, 0.15) is 29.6 Å². The minimum Gasteiger partial charge on any atom is -0.496 e. The normalized spacial score (nSPS) is 13.9. The van der Waals surface area contributed by atoms with Gasteiger partial charge in [0, 0.05) is 12.6 Å². The molecule has 0 aromatic heterocycles. The molecule has 1 amide bonds. The first kappa shape index (κ1) is 13.4. The molecule has 19 heavy (non-hydrogen) atoms. The monoisotopic (exact) mass is 263 g/mol. The van der Waals surface area contributed by atoms with Crippen molar-refractivity contribution in [2.45, 2.75) is 25.3 Å². The van der Waals surface area contributed by atoms with Crippen LogP contribution in [0.2, 0.25) is 0 Å². The van der Waals surface area contributed by atoms with Crippen LogP contribution in [0.5, 0.6) is 5.75 Å². The number of methoxy groups -OCH3 is 1. The maximum atomic E-state index is 12.5. The maximum absolute atomic E-state index is 12.5. The van der Waals surface area contributed by atoms with E-state index in [2.05, 4.69) is 0 Å². The first-order valence-electron chi connectivity index (χ1n) is 6.29. The molecule has 1 aliphatic carbocycles. The Balaban J connectivity index is 2.16. The SMILES string of the molecule is COc1ccccc1C(=O)N(CCC(=O)O)C1CC1. The number of ether oxygens (including phenoxy) is 1.